The number of carbonyl (C=O) groups is 1. The Morgan fingerprint density at radius 1 is 1.50 bits per heavy atom. The van der Waals surface area contributed by atoms with Crippen LogP contribution in [0, 0.1) is 5.92 Å². The van der Waals surface area contributed by atoms with Crippen LogP contribution in [0.2, 0.25) is 0 Å². The molecule has 0 spiro atoms. The SMILES string of the molecule is CCCCC(CC)COC=CC(=O)O. The molecule has 3 heteroatoms. The third-order valence-corrected chi connectivity index (χ3v) is 2.18. The average Bonchev–Trinajstić information content (AvgIpc) is 2.16. The van der Waals surface area contributed by atoms with Crippen molar-refractivity contribution in [2.24, 2.45) is 5.92 Å². The lowest BCUT2D eigenvalue weighted by Gasteiger charge is -2.12. The summed E-state index contributed by atoms with van der Waals surface area (Å²) in [6, 6.07) is 0. The van der Waals surface area contributed by atoms with E-state index in [4.69, 9.17) is 9.84 Å². The fourth-order valence-electron chi connectivity index (χ4n) is 1.20. The monoisotopic (exact) mass is 200 g/mol. The van der Waals surface area contributed by atoms with Crippen molar-refractivity contribution < 1.29 is 14.6 Å². The highest BCUT2D eigenvalue weighted by molar-refractivity contribution is 5.79. The number of ether oxygens (including phenoxy) is 1. The van der Waals surface area contributed by atoms with E-state index in [2.05, 4.69) is 13.8 Å². The van der Waals surface area contributed by atoms with Gasteiger partial charge in [-0.05, 0) is 12.3 Å². The molecule has 0 aromatic carbocycles. The van der Waals surface area contributed by atoms with Gasteiger partial charge in [-0.2, -0.15) is 0 Å². The molecule has 0 aliphatic rings. The van der Waals surface area contributed by atoms with Crippen molar-refractivity contribution in [1.82, 2.24) is 0 Å². The number of aliphatic carboxylic acids is 1. The molecule has 1 unspecified atom stereocenters. The third-order valence-electron chi connectivity index (χ3n) is 2.18. The van der Waals surface area contributed by atoms with Crippen molar-refractivity contribution >= 4 is 5.97 Å². The topological polar surface area (TPSA) is 46.5 Å². The number of hydrogen-bond donors (Lipinski definition) is 1. The van der Waals surface area contributed by atoms with Crippen molar-refractivity contribution in [1.29, 1.82) is 0 Å². The summed E-state index contributed by atoms with van der Waals surface area (Å²) in [7, 11) is 0. The van der Waals surface area contributed by atoms with E-state index in [0.717, 1.165) is 18.9 Å². The smallest absolute Gasteiger partial charge is 0.331 e. The van der Waals surface area contributed by atoms with Crippen molar-refractivity contribution in [3.8, 4) is 0 Å². The molecule has 1 N–H and O–H groups in total. The van der Waals surface area contributed by atoms with Gasteiger partial charge in [-0.3, -0.25) is 0 Å². The molecule has 0 bridgehead atoms. The van der Waals surface area contributed by atoms with E-state index in [1.807, 2.05) is 0 Å². The number of carboxylic acids is 1. The predicted molar refractivity (Wildman–Crippen MR) is 56.0 cm³/mol. The lowest BCUT2D eigenvalue weighted by Crippen LogP contribution is -2.06. The van der Waals surface area contributed by atoms with Crippen LogP contribution in [-0.2, 0) is 9.53 Å². The molecular formula is C11H20O3. The standard InChI is InChI=1S/C11H20O3/c1-3-5-6-10(4-2)9-14-8-7-11(12)13/h7-8,10H,3-6,9H2,1-2H3,(H,12,13). The zero-order valence-electron chi connectivity index (χ0n) is 9.03. The highest BCUT2D eigenvalue weighted by Crippen LogP contribution is 2.12. The second-order valence-corrected chi connectivity index (χ2v) is 3.39. The molecule has 0 aromatic heterocycles. The molecule has 0 fully saturated rings. The van der Waals surface area contributed by atoms with E-state index < -0.39 is 5.97 Å². The summed E-state index contributed by atoms with van der Waals surface area (Å²) in [4.78, 5) is 10.1. The molecule has 0 rings (SSSR count). The minimum Gasteiger partial charge on any atom is -0.501 e. The molecule has 14 heavy (non-hydrogen) atoms. The van der Waals surface area contributed by atoms with Crippen LogP contribution in [0.1, 0.15) is 39.5 Å². The molecule has 0 heterocycles. The number of carboxylic acid groups (broad SMARTS) is 1. The highest BCUT2D eigenvalue weighted by atomic mass is 16.5. The molecule has 1 atom stereocenters. The van der Waals surface area contributed by atoms with Gasteiger partial charge in [-0.15, -0.1) is 0 Å². The highest BCUT2D eigenvalue weighted by Gasteiger charge is 2.04. The van der Waals surface area contributed by atoms with Gasteiger partial charge in [0.05, 0.1) is 18.9 Å². The molecular weight excluding hydrogens is 180 g/mol. The fraction of sp³-hybridized carbons (Fsp3) is 0.727. The van der Waals surface area contributed by atoms with Gasteiger partial charge in [0.15, 0.2) is 0 Å². The van der Waals surface area contributed by atoms with Crippen LogP contribution in [0.25, 0.3) is 0 Å². The van der Waals surface area contributed by atoms with Crippen molar-refractivity contribution in [3.05, 3.63) is 12.3 Å². The quantitative estimate of drug-likeness (QED) is 0.484. The van der Waals surface area contributed by atoms with Gasteiger partial charge in [-0.1, -0.05) is 33.1 Å². The van der Waals surface area contributed by atoms with Gasteiger partial charge >= 0.3 is 5.97 Å². The minimum atomic E-state index is -0.966. The van der Waals surface area contributed by atoms with Crippen LogP contribution in [0.3, 0.4) is 0 Å². The molecule has 82 valence electrons. The van der Waals surface area contributed by atoms with Gasteiger partial charge in [0.25, 0.3) is 0 Å². The zero-order chi connectivity index (χ0) is 10.8. The minimum absolute atomic E-state index is 0.549. The summed E-state index contributed by atoms with van der Waals surface area (Å²) in [5.74, 6) is -0.417. The summed E-state index contributed by atoms with van der Waals surface area (Å²) in [5, 5.41) is 8.31. The maximum absolute atomic E-state index is 10.1. The molecule has 3 nitrogen and oxygen atoms in total. The van der Waals surface area contributed by atoms with Crippen molar-refractivity contribution in [3.63, 3.8) is 0 Å². The van der Waals surface area contributed by atoms with E-state index >= 15 is 0 Å². The summed E-state index contributed by atoms with van der Waals surface area (Å²) >= 11 is 0. The van der Waals surface area contributed by atoms with Crippen LogP contribution in [-0.4, -0.2) is 17.7 Å². The Kier molecular flexibility index (Phi) is 7.99. The second kappa shape index (κ2) is 8.60. The lowest BCUT2D eigenvalue weighted by molar-refractivity contribution is -0.131. The summed E-state index contributed by atoms with van der Waals surface area (Å²) in [6.45, 7) is 4.92. The summed E-state index contributed by atoms with van der Waals surface area (Å²) in [6.07, 6.45) is 6.93. The normalized spacial score (nSPS) is 13.0. The largest absolute Gasteiger partial charge is 0.501 e. The van der Waals surface area contributed by atoms with Crippen molar-refractivity contribution in [2.75, 3.05) is 6.61 Å². The predicted octanol–water partition coefficient (Wildman–Crippen LogP) is 2.82. The molecule has 0 amide bonds. The van der Waals surface area contributed by atoms with Gasteiger partial charge in [-0.25, -0.2) is 4.79 Å². The molecule has 0 aromatic rings. The molecule has 0 aliphatic carbocycles. The number of hydrogen-bond acceptors (Lipinski definition) is 2. The van der Waals surface area contributed by atoms with Crippen LogP contribution in [0.15, 0.2) is 12.3 Å². The Bertz CT molecular complexity index is 175. The molecule has 0 saturated heterocycles. The first-order valence-electron chi connectivity index (χ1n) is 5.21. The summed E-state index contributed by atoms with van der Waals surface area (Å²) < 4.78 is 5.13. The van der Waals surface area contributed by atoms with E-state index in [9.17, 15) is 4.79 Å². The first kappa shape index (κ1) is 13.0. The molecule has 0 aliphatic heterocycles. The summed E-state index contributed by atoms with van der Waals surface area (Å²) in [5.41, 5.74) is 0. The number of rotatable bonds is 8. The van der Waals surface area contributed by atoms with E-state index in [0.29, 0.717) is 12.5 Å². The molecule has 0 saturated carbocycles. The van der Waals surface area contributed by atoms with Crippen LogP contribution in [0.4, 0.5) is 0 Å². The van der Waals surface area contributed by atoms with Crippen LogP contribution < -0.4 is 0 Å². The zero-order valence-corrected chi connectivity index (χ0v) is 9.03. The van der Waals surface area contributed by atoms with Gasteiger partial charge < -0.3 is 9.84 Å². The lowest BCUT2D eigenvalue weighted by atomic mass is 10.0. The maximum atomic E-state index is 10.1. The number of unbranched alkanes of at least 4 members (excludes halogenated alkanes) is 1. The maximum Gasteiger partial charge on any atom is 0.331 e. The van der Waals surface area contributed by atoms with Crippen molar-refractivity contribution in [2.45, 2.75) is 39.5 Å². The first-order chi connectivity index (χ1) is 6.70. The third kappa shape index (κ3) is 7.65. The van der Waals surface area contributed by atoms with E-state index in [1.54, 1.807) is 0 Å². The van der Waals surface area contributed by atoms with E-state index in [1.165, 1.54) is 19.1 Å². The van der Waals surface area contributed by atoms with Gasteiger partial charge in [0, 0.05) is 0 Å². The Balaban J connectivity index is 3.56. The first-order valence-corrected chi connectivity index (χ1v) is 5.21. The van der Waals surface area contributed by atoms with Crippen LogP contribution >= 0.6 is 0 Å². The van der Waals surface area contributed by atoms with Crippen LogP contribution in [0.5, 0.6) is 0 Å². The molecule has 0 radical (unpaired) electrons. The average molecular weight is 200 g/mol. The van der Waals surface area contributed by atoms with Gasteiger partial charge in [0.1, 0.15) is 0 Å². The Morgan fingerprint density at radius 2 is 2.21 bits per heavy atom. The second-order valence-electron chi connectivity index (χ2n) is 3.39. The Labute approximate surface area is 85.8 Å². The fourth-order valence-corrected chi connectivity index (χ4v) is 1.20. The van der Waals surface area contributed by atoms with Gasteiger partial charge in [0.2, 0.25) is 0 Å². The Morgan fingerprint density at radius 3 is 2.71 bits per heavy atom. The Hall–Kier alpha value is -0.990. The van der Waals surface area contributed by atoms with E-state index in [-0.39, 0.29) is 0 Å².